The van der Waals surface area contributed by atoms with Gasteiger partial charge < -0.3 is 24.1 Å². The maximum absolute atomic E-state index is 15.4. The van der Waals surface area contributed by atoms with Crippen molar-refractivity contribution in [3.63, 3.8) is 0 Å². The summed E-state index contributed by atoms with van der Waals surface area (Å²) in [6.07, 6.45) is 10.0. The quantitative estimate of drug-likeness (QED) is 0.0711. The molecule has 2 heterocycles. The maximum atomic E-state index is 15.4. The average Bonchev–Trinajstić information content (AvgIpc) is 3.72. The molecule has 12 heteroatoms. The van der Waals surface area contributed by atoms with Gasteiger partial charge in [0.15, 0.2) is 11.5 Å². The predicted molar refractivity (Wildman–Crippen MR) is 247 cm³/mol. The number of hydrazine groups is 1. The Labute approximate surface area is 377 Å². The first-order chi connectivity index (χ1) is 31.5. The summed E-state index contributed by atoms with van der Waals surface area (Å²) in [4.78, 5) is 61.1. The SMILES string of the molecule is COc1ccc(OC)c(C=Cc2ccc(N3C(=O)[C@H]4[C@H](CC=C5[C@H]4C[C@H]4C(=O)N(Nc6ccc(C)cc6)C(=O)[C@@]4(c4ccccc4)[C@H]5C=Cc4cc(OC)c(O)c(OC)c4)C3=O)cc2)c1. The summed E-state index contributed by atoms with van der Waals surface area (Å²) >= 11 is 0. The van der Waals surface area contributed by atoms with Gasteiger partial charge in [0, 0.05) is 11.5 Å². The minimum Gasteiger partial charge on any atom is -0.502 e. The first kappa shape index (κ1) is 42.7. The number of amides is 4. The molecule has 65 heavy (non-hydrogen) atoms. The van der Waals surface area contributed by atoms with Crippen LogP contribution in [-0.4, -0.2) is 62.2 Å². The second-order valence-corrected chi connectivity index (χ2v) is 16.8. The van der Waals surface area contributed by atoms with E-state index in [-0.39, 0.29) is 41.9 Å². The number of nitrogens with zero attached hydrogens (tertiary/aromatic N) is 2. The summed E-state index contributed by atoms with van der Waals surface area (Å²) in [5.41, 5.74) is 7.49. The van der Waals surface area contributed by atoms with Gasteiger partial charge in [0.2, 0.25) is 17.6 Å². The first-order valence-corrected chi connectivity index (χ1v) is 21.5. The third kappa shape index (κ3) is 7.19. The number of fused-ring (bicyclic) bond motifs is 4. The number of aryl methyl sites for hydroxylation is 1. The van der Waals surface area contributed by atoms with Crippen molar-refractivity contribution in [2.24, 2.45) is 29.6 Å². The number of carbonyl (C=O) groups is 4. The van der Waals surface area contributed by atoms with Gasteiger partial charge in [-0.2, -0.15) is 5.01 Å². The molecule has 0 unspecified atom stereocenters. The number of anilines is 2. The van der Waals surface area contributed by atoms with Crippen LogP contribution in [0.3, 0.4) is 0 Å². The number of benzene rings is 5. The number of carbonyl (C=O) groups excluding carboxylic acids is 4. The number of hydrogen-bond donors (Lipinski definition) is 2. The van der Waals surface area contributed by atoms with E-state index < -0.39 is 46.8 Å². The normalized spacial score (nSPS) is 23.6. The highest BCUT2D eigenvalue weighted by molar-refractivity contribution is 6.22. The maximum Gasteiger partial charge on any atom is 0.260 e. The smallest absolute Gasteiger partial charge is 0.260 e. The van der Waals surface area contributed by atoms with E-state index >= 15 is 9.59 Å². The highest BCUT2D eigenvalue weighted by Crippen LogP contribution is 2.61. The van der Waals surface area contributed by atoms with Gasteiger partial charge in [-0.3, -0.25) is 29.5 Å². The lowest BCUT2D eigenvalue weighted by Crippen LogP contribution is -2.54. The zero-order valence-electron chi connectivity index (χ0n) is 36.7. The standard InChI is InChI=1S/C53H49N3O9/c1-31-11-18-36(19-12-31)54-56-50(59)43-30-41-39(42(53(43,52(56)61)35-9-7-6-8-10-35)25-16-33-27-45(64-4)48(57)46(28-33)65-5)23-24-40-47(41)51(60)55(49(40)58)37-20-14-32(15-21-37)13-17-34-29-38(62-2)22-26-44(34)63-3/h6-23,25-29,40-43,47,54,57H,24,30H2,1-5H3/t40-,41+,42-,43-,47-,53-/m0/s1. The van der Waals surface area contributed by atoms with E-state index in [1.807, 2.05) is 122 Å². The van der Waals surface area contributed by atoms with Gasteiger partial charge >= 0.3 is 0 Å². The molecule has 0 bridgehead atoms. The monoisotopic (exact) mass is 871 g/mol. The van der Waals surface area contributed by atoms with E-state index in [0.29, 0.717) is 34.0 Å². The summed E-state index contributed by atoms with van der Waals surface area (Å²) < 4.78 is 21.9. The molecule has 330 valence electrons. The van der Waals surface area contributed by atoms with Gasteiger partial charge in [-0.15, -0.1) is 0 Å². The van der Waals surface area contributed by atoms with Crippen molar-refractivity contribution in [3.8, 4) is 28.7 Å². The van der Waals surface area contributed by atoms with Gasteiger partial charge in [-0.25, -0.2) is 0 Å². The van der Waals surface area contributed by atoms with E-state index in [9.17, 15) is 14.7 Å². The van der Waals surface area contributed by atoms with Gasteiger partial charge in [-0.05, 0) is 97.0 Å². The van der Waals surface area contributed by atoms with Crippen molar-refractivity contribution in [3.05, 3.63) is 155 Å². The summed E-state index contributed by atoms with van der Waals surface area (Å²) in [6.45, 7) is 1.96. The molecule has 0 radical (unpaired) electrons. The molecule has 5 aromatic rings. The molecule has 12 nitrogen and oxygen atoms in total. The van der Waals surface area contributed by atoms with Gasteiger partial charge in [0.05, 0.1) is 63.0 Å². The van der Waals surface area contributed by atoms with Crippen molar-refractivity contribution in [1.82, 2.24) is 5.01 Å². The Morgan fingerprint density at radius 2 is 1.38 bits per heavy atom. The number of imide groups is 2. The van der Waals surface area contributed by atoms with Crippen molar-refractivity contribution < 1.29 is 43.2 Å². The Morgan fingerprint density at radius 3 is 2.05 bits per heavy atom. The van der Waals surface area contributed by atoms with E-state index in [4.69, 9.17) is 18.9 Å². The number of methoxy groups -OCH3 is 4. The molecule has 1 saturated carbocycles. The fourth-order valence-electron chi connectivity index (χ4n) is 10.4. The van der Waals surface area contributed by atoms with Crippen LogP contribution in [0.15, 0.2) is 127 Å². The van der Waals surface area contributed by atoms with E-state index in [1.165, 1.54) is 19.1 Å². The van der Waals surface area contributed by atoms with Crippen molar-refractivity contribution in [2.75, 3.05) is 38.8 Å². The fraction of sp³-hybridized carbons (Fsp3) is 0.245. The van der Waals surface area contributed by atoms with Crippen LogP contribution in [0.25, 0.3) is 18.2 Å². The van der Waals surface area contributed by atoms with Crippen LogP contribution in [0.5, 0.6) is 28.7 Å². The minimum absolute atomic E-state index is 0.157. The number of phenols is 1. The van der Waals surface area contributed by atoms with E-state index in [2.05, 4.69) is 5.43 Å². The minimum atomic E-state index is -1.43. The third-order valence-electron chi connectivity index (χ3n) is 13.5. The number of nitrogens with one attached hydrogen (secondary N) is 1. The third-order valence-corrected chi connectivity index (χ3v) is 13.5. The highest BCUT2D eigenvalue weighted by Gasteiger charge is 2.69. The topological polar surface area (TPSA) is 144 Å². The molecule has 3 fully saturated rings. The van der Waals surface area contributed by atoms with Crippen molar-refractivity contribution in [1.29, 1.82) is 0 Å². The second kappa shape index (κ2) is 17.2. The summed E-state index contributed by atoms with van der Waals surface area (Å²) in [6, 6.07) is 32.9. The van der Waals surface area contributed by atoms with Gasteiger partial charge in [0.25, 0.3) is 11.8 Å². The van der Waals surface area contributed by atoms with Crippen LogP contribution in [0.4, 0.5) is 11.4 Å². The van der Waals surface area contributed by atoms with Crippen LogP contribution in [0.1, 0.15) is 40.7 Å². The molecule has 4 amide bonds. The number of hydrogen-bond acceptors (Lipinski definition) is 10. The molecule has 9 rings (SSSR count). The molecule has 2 saturated heterocycles. The molecular weight excluding hydrogens is 823 g/mol. The molecule has 4 aliphatic rings. The summed E-state index contributed by atoms with van der Waals surface area (Å²) in [5, 5.41) is 11.9. The zero-order valence-corrected chi connectivity index (χ0v) is 36.7. The Morgan fingerprint density at radius 1 is 0.692 bits per heavy atom. The van der Waals surface area contributed by atoms with Gasteiger partial charge in [-0.1, -0.05) is 96.1 Å². The lowest BCUT2D eigenvalue weighted by Gasteiger charge is -2.49. The number of rotatable bonds is 12. The molecule has 2 aliphatic heterocycles. The van der Waals surface area contributed by atoms with Crippen molar-refractivity contribution in [2.45, 2.75) is 25.2 Å². The average molecular weight is 872 g/mol. The summed E-state index contributed by atoms with van der Waals surface area (Å²) in [7, 11) is 6.10. The molecular formula is C53H49N3O9. The molecule has 0 aromatic heterocycles. The molecule has 2 N–H and O–H groups in total. The number of aromatic hydroxyl groups is 1. The number of ether oxygens (including phenoxy) is 4. The zero-order chi connectivity index (χ0) is 45.6. The Hall–Kier alpha value is -7.60. The van der Waals surface area contributed by atoms with Crippen LogP contribution < -0.4 is 29.3 Å². The molecule has 2 aliphatic carbocycles. The van der Waals surface area contributed by atoms with Crippen LogP contribution in [0, 0.1) is 36.5 Å². The highest BCUT2D eigenvalue weighted by atomic mass is 16.5. The lowest BCUT2D eigenvalue weighted by atomic mass is 9.50. The predicted octanol–water partition coefficient (Wildman–Crippen LogP) is 8.64. The van der Waals surface area contributed by atoms with Crippen LogP contribution in [0.2, 0.25) is 0 Å². The van der Waals surface area contributed by atoms with Crippen LogP contribution in [-0.2, 0) is 24.6 Å². The molecule has 6 atom stereocenters. The first-order valence-electron chi connectivity index (χ1n) is 21.5. The molecule has 0 spiro atoms. The van der Waals surface area contributed by atoms with Crippen LogP contribution >= 0.6 is 0 Å². The Kier molecular flexibility index (Phi) is 11.3. The number of allylic oxidation sites excluding steroid dienone is 3. The largest absolute Gasteiger partial charge is 0.502 e. The summed E-state index contributed by atoms with van der Waals surface area (Å²) in [5.74, 6) is -3.53. The fourth-order valence-corrected chi connectivity index (χ4v) is 10.4. The number of phenolic OH excluding ortho intramolecular Hbond substituents is 1. The van der Waals surface area contributed by atoms with E-state index in [0.717, 1.165) is 27.3 Å². The Bertz CT molecular complexity index is 2760. The molecule has 5 aromatic carbocycles. The lowest BCUT2D eigenvalue weighted by molar-refractivity contribution is -0.139. The Balaban J connectivity index is 1.11. The van der Waals surface area contributed by atoms with Crippen molar-refractivity contribution >= 4 is 53.2 Å². The van der Waals surface area contributed by atoms with Gasteiger partial charge in [0.1, 0.15) is 11.5 Å². The van der Waals surface area contributed by atoms with E-state index in [1.54, 1.807) is 38.5 Å². The second-order valence-electron chi connectivity index (χ2n) is 16.8.